The van der Waals surface area contributed by atoms with E-state index in [0.717, 1.165) is 0 Å². The number of aliphatic hydroxyl groups is 1. The Hall–Kier alpha value is -1.59. The zero-order valence-electron chi connectivity index (χ0n) is 13.2. The maximum Gasteiger partial charge on any atom is 0.251 e. The van der Waals surface area contributed by atoms with Gasteiger partial charge in [-0.25, -0.2) is 0 Å². The molecule has 22 heavy (non-hydrogen) atoms. The van der Waals surface area contributed by atoms with Crippen LogP contribution < -0.4 is 5.32 Å². The van der Waals surface area contributed by atoms with Gasteiger partial charge in [-0.3, -0.25) is 9.59 Å². The van der Waals surface area contributed by atoms with Crippen LogP contribution in [0.2, 0.25) is 5.02 Å². The first-order valence-electron chi connectivity index (χ1n) is 7.27. The van der Waals surface area contributed by atoms with Crippen molar-refractivity contribution in [3.8, 4) is 0 Å². The highest BCUT2D eigenvalue weighted by molar-refractivity contribution is 6.30. The van der Waals surface area contributed by atoms with Gasteiger partial charge < -0.3 is 15.3 Å². The molecule has 1 atom stereocenters. The summed E-state index contributed by atoms with van der Waals surface area (Å²) in [6.07, 6.45) is 0.536. The van der Waals surface area contributed by atoms with Crippen LogP contribution in [0.5, 0.6) is 0 Å². The predicted molar refractivity (Wildman–Crippen MR) is 86.9 cm³/mol. The molecule has 2 N–H and O–H groups in total. The monoisotopic (exact) mass is 326 g/mol. The van der Waals surface area contributed by atoms with Crippen LogP contribution in [0.4, 0.5) is 0 Å². The van der Waals surface area contributed by atoms with Crippen molar-refractivity contribution in [1.29, 1.82) is 0 Å². The average Bonchev–Trinajstić information content (AvgIpc) is 2.46. The van der Waals surface area contributed by atoms with E-state index in [9.17, 15) is 9.59 Å². The van der Waals surface area contributed by atoms with Crippen LogP contribution in [0.1, 0.15) is 30.6 Å². The lowest BCUT2D eigenvalue weighted by molar-refractivity contribution is -0.132. The third-order valence-electron chi connectivity index (χ3n) is 3.23. The van der Waals surface area contributed by atoms with E-state index in [1.54, 1.807) is 31.3 Å². The first-order chi connectivity index (χ1) is 10.3. The Kier molecular flexibility index (Phi) is 7.35. The summed E-state index contributed by atoms with van der Waals surface area (Å²) in [6.45, 7) is 4.10. The first-order valence-corrected chi connectivity index (χ1v) is 7.65. The van der Waals surface area contributed by atoms with Gasteiger partial charge in [0.1, 0.15) is 6.04 Å². The van der Waals surface area contributed by atoms with Gasteiger partial charge >= 0.3 is 0 Å². The number of carbonyl (C=O) groups excluding carboxylic acids is 2. The highest BCUT2D eigenvalue weighted by Gasteiger charge is 2.25. The van der Waals surface area contributed by atoms with Crippen molar-refractivity contribution in [3.05, 3.63) is 34.9 Å². The Balaban J connectivity index is 2.81. The lowest BCUT2D eigenvalue weighted by Gasteiger charge is -2.25. The minimum atomic E-state index is -0.611. The molecular weight excluding hydrogens is 304 g/mol. The SMILES string of the molecule is CC(C)CC(NC(=O)c1ccc(Cl)cc1)C(=O)N(C)CCO. The van der Waals surface area contributed by atoms with E-state index in [-0.39, 0.29) is 30.9 Å². The maximum atomic E-state index is 12.4. The molecular formula is C16H23ClN2O3. The average molecular weight is 327 g/mol. The number of aliphatic hydroxyl groups excluding tert-OH is 1. The molecule has 1 aromatic carbocycles. The zero-order chi connectivity index (χ0) is 16.7. The Morgan fingerprint density at radius 2 is 1.86 bits per heavy atom. The summed E-state index contributed by atoms with van der Waals surface area (Å²) in [5.74, 6) is -0.264. The Morgan fingerprint density at radius 3 is 2.36 bits per heavy atom. The molecule has 0 saturated carbocycles. The fraction of sp³-hybridized carbons (Fsp3) is 0.500. The van der Waals surface area contributed by atoms with Gasteiger partial charge in [0.2, 0.25) is 5.91 Å². The molecule has 0 radical (unpaired) electrons. The standard InChI is InChI=1S/C16H23ClN2O3/c1-11(2)10-14(16(22)19(3)8-9-20)18-15(21)12-4-6-13(17)7-5-12/h4-7,11,14,20H,8-10H2,1-3H3,(H,18,21). The van der Waals surface area contributed by atoms with Crippen LogP contribution in [-0.2, 0) is 4.79 Å². The second-order valence-electron chi connectivity index (χ2n) is 5.65. The van der Waals surface area contributed by atoms with Gasteiger partial charge in [-0.15, -0.1) is 0 Å². The topological polar surface area (TPSA) is 69.6 Å². The summed E-state index contributed by atoms with van der Waals surface area (Å²) in [5.41, 5.74) is 0.454. The van der Waals surface area contributed by atoms with Gasteiger partial charge in [0, 0.05) is 24.2 Å². The molecule has 0 heterocycles. The summed E-state index contributed by atoms with van der Waals surface area (Å²) in [6, 6.07) is 5.89. The van der Waals surface area contributed by atoms with Crippen molar-refractivity contribution < 1.29 is 14.7 Å². The molecule has 1 aromatic rings. The Bertz CT molecular complexity index is 503. The molecule has 0 aliphatic heterocycles. The van der Waals surface area contributed by atoms with E-state index in [2.05, 4.69) is 5.32 Å². The first kappa shape index (κ1) is 18.5. The molecule has 0 saturated heterocycles. The van der Waals surface area contributed by atoms with Crippen LogP contribution in [0, 0.1) is 5.92 Å². The van der Waals surface area contributed by atoms with E-state index in [1.807, 2.05) is 13.8 Å². The van der Waals surface area contributed by atoms with Crippen LogP contribution in [0.15, 0.2) is 24.3 Å². The summed E-state index contributed by atoms with van der Waals surface area (Å²) in [7, 11) is 1.61. The summed E-state index contributed by atoms with van der Waals surface area (Å²) >= 11 is 5.80. The zero-order valence-corrected chi connectivity index (χ0v) is 13.9. The van der Waals surface area contributed by atoms with Crippen LogP contribution in [0.3, 0.4) is 0 Å². The smallest absolute Gasteiger partial charge is 0.251 e. The third kappa shape index (κ3) is 5.66. The molecule has 0 spiro atoms. The lowest BCUT2D eigenvalue weighted by Crippen LogP contribution is -2.48. The molecule has 2 amide bonds. The minimum Gasteiger partial charge on any atom is -0.395 e. The third-order valence-corrected chi connectivity index (χ3v) is 3.48. The molecule has 6 heteroatoms. The van der Waals surface area contributed by atoms with Crippen molar-refractivity contribution in [1.82, 2.24) is 10.2 Å². The van der Waals surface area contributed by atoms with E-state index in [0.29, 0.717) is 17.0 Å². The number of halogens is 1. The van der Waals surface area contributed by atoms with Crippen molar-refractivity contribution >= 4 is 23.4 Å². The van der Waals surface area contributed by atoms with Crippen LogP contribution in [0.25, 0.3) is 0 Å². The molecule has 1 rings (SSSR count). The van der Waals surface area contributed by atoms with Crippen molar-refractivity contribution in [2.24, 2.45) is 5.92 Å². The quantitative estimate of drug-likeness (QED) is 0.804. The molecule has 122 valence electrons. The molecule has 5 nitrogen and oxygen atoms in total. The number of benzene rings is 1. The highest BCUT2D eigenvalue weighted by Crippen LogP contribution is 2.12. The van der Waals surface area contributed by atoms with Crippen molar-refractivity contribution in [2.75, 3.05) is 20.2 Å². The molecule has 0 aliphatic rings. The van der Waals surface area contributed by atoms with Gasteiger partial charge in [-0.1, -0.05) is 25.4 Å². The van der Waals surface area contributed by atoms with E-state index >= 15 is 0 Å². The molecule has 0 fully saturated rings. The predicted octanol–water partition coefficient (Wildman–Crippen LogP) is 1.94. The molecule has 0 bridgehead atoms. The maximum absolute atomic E-state index is 12.4. The molecule has 0 aliphatic carbocycles. The Labute approximate surface area is 136 Å². The molecule has 1 unspecified atom stereocenters. The largest absolute Gasteiger partial charge is 0.395 e. The number of rotatable bonds is 7. The number of nitrogens with one attached hydrogen (secondary N) is 1. The van der Waals surface area contributed by atoms with Gasteiger partial charge in [0.25, 0.3) is 5.91 Å². The van der Waals surface area contributed by atoms with Gasteiger partial charge in [0.05, 0.1) is 6.61 Å². The summed E-state index contributed by atoms with van der Waals surface area (Å²) in [5, 5.41) is 12.3. The fourth-order valence-corrected chi connectivity index (χ4v) is 2.19. The van der Waals surface area contributed by atoms with E-state index in [4.69, 9.17) is 16.7 Å². The van der Waals surface area contributed by atoms with Crippen molar-refractivity contribution in [2.45, 2.75) is 26.3 Å². The van der Waals surface area contributed by atoms with Gasteiger partial charge in [-0.05, 0) is 36.6 Å². The number of carbonyl (C=O) groups is 2. The van der Waals surface area contributed by atoms with E-state index < -0.39 is 6.04 Å². The van der Waals surface area contributed by atoms with Crippen molar-refractivity contribution in [3.63, 3.8) is 0 Å². The number of amides is 2. The second kappa shape index (κ2) is 8.76. The van der Waals surface area contributed by atoms with Gasteiger partial charge in [-0.2, -0.15) is 0 Å². The number of likely N-dealkylation sites (N-methyl/N-ethyl adjacent to an activating group) is 1. The fourth-order valence-electron chi connectivity index (χ4n) is 2.06. The number of hydrogen-bond donors (Lipinski definition) is 2. The highest BCUT2D eigenvalue weighted by atomic mass is 35.5. The van der Waals surface area contributed by atoms with E-state index in [1.165, 1.54) is 4.90 Å². The van der Waals surface area contributed by atoms with Gasteiger partial charge in [0.15, 0.2) is 0 Å². The molecule has 0 aromatic heterocycles. The summed E-state index contributed by atoms with van der Waals surface area (Å²) < 4.78 is 0. The van der Waals surface area contributed by atoms with Crippen LogP contribution >= 0.6 is 11.6 Å². The summed E-state index contributed by atoms with van der Waals surface area (Å²) in [4.78, 5) is 26.1. The van der Waals surface area contributed by atoms with Crippen LogP contribution in [-0.4, -0.2) is 48.1 Å². The number of nitrogens with zero attached hydrogens (tertiary/aromatic N) is 1. The number of hydrogen-bond acceptors (Lipinski definition) is 3. The Morgan fingerprint density at radius 1 is 1.27 bits per heavy atom. The minimum absolute atomic E-state index is 0.109. The lowest BCUT2D eigenvalue weighted by atomic mass is 10.0. The normalized spacial score (nSPS) is 12.1. The second-order valence-corrected chi connectivity index (χ2v) is 6.08.